The van der Waals surface area contributed by atoms with Crippen molar-refractivity contribution in [1.82, 2.24) is 0 Å². The summed E-state index contributed by atoms with van der Waals surface area (Å²) in [4.78, 5) is 10.4. The van der Waals surface area contributed by atoms with Crippen molar-refractivity contribution in [2.45, 2.75) is 0 Å². The lowest BCUT2D eigenvalue weighted by molar-refractivity contribution is -0.385. The molecule has 21 heavy (non-hydrogen) atoms. The Morgan fingerprint density at radius 1 is 1.29 bits per heavy atom. The number of nitrogens with two attached hydrogens (primary N) is 1. The van der Waals surface area contributed by atoms with Crippen LogP contribution in [-0.2, 0) is 0 Å². The van der Waals surface area contributed by atoms with Crippen LogP contribution in [0.1, 0.15) is 5.56 Å². The molecule has 0 aliphatic carbocycles. The van der Waals surface area contributed by atoms with Gasteiger partial charge in [-0.1, -0.05) is 11.6 Å². The summed E-state index contributed by atoms with van der Waals surface area (Å²) in [5.41, 5.74) is 5.67. The highest BCUT2D eigenvalue weighted by Gasteiger charge is 2.17. The lowest BCUT2D eigenvalue weighted by Gasteiger charge is -2.09. The second-order valence-electron chi connectivity index (χ2n) is 4.03. The van der Waals surface area contributed by atoms with Gasteiger partial charge in [0, 0.05) is 16.7 Å². The molecule has 6 nitrogen and oxygen atoms in total. The summed E-state index contributed by atoms with van der Waals surface area (Å²) in [5.74, 6) is 0.353. The summed E-state index contributed by atoms with van der Waals surface area (Å²) in [6.07, 6.45) is 0. The van der Waals surface area contributed by atoms with Crippen LogP contribution < -0.4 is 10.5 Å². The standard InChI is InChI=1S/C13H9BrClN3O3/c14-9-5-7(13(16)17)1-3-11(9)21-12-4-2-8(15)6-10(12)18(19)20/h1-6H,(H3,16,17). The number of nitrogen functional groups attached to an aromatic ring is 1. The van der Waals surface area contributed by atoms with E-state index in [-0.39, 0.29) is 22.3 Å². The van der Waals surface area contributed by atoms with Gasteiger partial charge in [-0.15, -0.1) is 0 Å². The Hall–Kier alpha value is -2.12. The van der Waals surface area contributed by atoms with Gasteiger partial charge in [0.25, 0.3) is 0 Å². The van der Waals surface area contributed by atoms with Crippen molar-refractivity contribution in [3.05, 3.63) is 61.6 Å². The molecule has 0 saturated carbocycles. The minimum absolute atomic E-state index is 0.0701. The van der Waals surface area contributed by atoms with Crippen LogP contribution in [0.3, 0.4) is 0 Å². The van der Waals surface area contributed by atoms with Gasteiger partial charge in [0.1, 0.15) is 11.6 Å². The fourth-order valence-electron chi connectivity index (χ4n) is 1.59. The first kappa shape index (κ1) is 15.3. The first-order chi connectivity index (χ1) is 9.88. The predicted octanol–water partition coefficient (Wildman–Crippen LogP) is 4.09. The van der Waals surface area contributed by atoms with Gasteiger partial charge in [0.05, 0.1) is 9.40 Å². The van der Waals surface area contributed by atoms with E-state index in [1.54, 1.807) is 18.2 Å². The number of ether oxygens (including phenoxy) is 1. The van der Waals surface area contributed by atoms with Gasteiger partial charge < -0.3 is 10.5 Å². The van der Waals surface area contributed by atoms with E-state index in [4.69, 9.17) is 27.5 Å². The van der Waals surface area contributed by atoms with Crippen molar-refractivity contribution >= 4 is 39.1 Å². The normalized spacial score (nSPS) is 10.2. The Bertz CT molecular complexity index is 737. The molecule has 2 aromatic rings. The maximum absolute atomic E-state index is 11.0. The first-order valence-electron chi connectivity index (χ1n) is 5.64. The molecule has 0 atom stereocenters. The number of rotatable bonds is 4. The highest BCUT2D eigenvalue weighted by Crippen LogP contribution is 2.36. The third kappa shape index (κ3) is 3.50. The molecule has 0 heterocycles. The second-order valence-corrected chi connectivity index (χ2v) is 5.32. The van der Waals surface area contributed by atoms with E-state index in [9.17, 15) is 10.1 Å². The smallest absolute Gasteiger partial charge is 0.313 e. The molecule has 0 aliphatic heterocycles. The van der Waals surface area contributed by atoms with Crippen molar-refractivity contribution in [2.24, 2.45) is 5.73 Å². The van der Waals surface area contributed by atoms with Gasteiger partial charge in [-0.25, -0.2) is 0 Å². The molecule has 0 radical (unpaired) electrons. The number of nitro benzene ring substituents is 1. The number of hydrogen-bond acceptors (Lipinski definition) is 4. The molecule has 0 amide bonds. The Morgan fingerprint density at radius 3 is 2.52 bits per heavy atom. The number of nitro groups is 1. The van der Waals surface area contributed by atoms with E-state index in [0.717, 1.165) is 0 Å². The molecule has 0 aromatic heterocycles. The third-order valence-corrected chi connectivity index (χ3v) is 3.44. The number of benzene rings is 2. The van der Waals surface area contributed by atoms with Gasteiger partial charge in [0.15, 0.2) is 0 Å². The average Bonchev–Trinajstić information content (AvgIpc) is 2.42. The predicted molar refractivity (Wildman–Crippen MR) is 83.3 cm³/mol. The third-order valence-electron chi connectivity index (χ3n) is 2.58. The molecule has 0 saturated heterocycles. The Morgan fingerprint density at radius 2 is 1.95 bits per heavy atom. The van der Waals surface area contributed by atoms with E-state index in [1.165, 1.54) is 18.2 Å². The van der Waals surface area contributed by atoms with Crippen molar-refractivity contribution < 1.29 is 9.66 Å². The largest absolute Gasteiger partial charge is 0.449 e. The zero-order valence-electron chi connectivity index (χ0n) is 10.5. The molecule has 0 fully saturated rings. The summed E-state index contributed by atoms with van der Waals surface area (Å²) < 4.78 is 6.06. The Labute approximate surface area is 133 Å². The molecule has 0 aliphatic rings. The highest BCUT2D eigenvalue weighted by molar-refractivity contribution is 9.10. The maximum atomic E-state index is 11.0. The van der Waals surface area contributed by atoms with E-state index in [2.05, 4.69) is 15.9 Å². The molecule has 108 valence electrons. The molecule has 0 unspecified atom stereocenters. The maximum Gasteiger partial charge on any atom is 0.313 e. The summed E-state index contributed by atoms with van der Waals surface area (Å²) in [6.45, 7) is 0. The minimum atomic E-state index is -0.570. The lowest BCUT2D eigenvalue weighted by atomic mass is 10.2. The van der Waals surface area contributed by atoms with E-state index in [0.29, 0.717) is 15.8 Å². The summed E-state index contributed by atoms with van der Waals surface area (Å²) >= 11 is 9.02. The lowest BCUT2D eigenvalue weighted by Crippen LogP contribution is -2.10. The number of nitrogens with one attached hydrogen (secondary N) is 1. The van der Waals surface area contributed by atoms with Crippen molar-refractivity contribution in [1.29, 1.82) is 5.41 Å². The first-order valence-corrected chi connectivity index (χ1v) is 6.81. The van der Waals surface area contributed by atoms with Crippen molar-refractivity contribution in [2.75, 3.05) is 0 Å². The van der Waals surface area contributed by atoms with Crippen LogP contribution in [0.15, 0.2) is 40.9 Å². The topological polar surface area (TPSA) is 102 Å². The van der Waals surface area contributed by atoms with Gasteiger partial charge in [-0.2, -0.15) is 0 Å². The Balaban J connectivity index is 2.39. The molecule has 2 aromatic carbocycles. The molecule has 8 heteroatoms. The van der Waals surface area contributed by atoms with Crippen molar-refractivity contribution in [3.63, 3.8) is 0 Å². The van der Waals surface area contributed by atoms with Crippen LogP contribution in [0.5, 0.6) is 11.5 Å². The van der Waals surface area contributed by atoms with Crippen LogP contribution in [0.25, 0.3) is 0 Å². The van der Waals surface area contributed by atoms with Gasteiger partial charge in [-0.05, 0) is 46.3 Å². The fraction of sp³-hybridized carbons (Fsp3) is 0. The monoisotopic (exact) mass is 369 g/mol. The average molecular weight is 371 g/mol. The van der Waals surface area contributed by atoms with Crippen LogP contribution >= 0.6 is 27.5 Å². The van der Waals surface area contributed by atoms with Crippen LogP contribution in [0.4, 0.5) is 5.69 Å². The minimum Gasteiger partial charge on any atom is -0.449 e. The molecule has 2 rings (SSSR count). The van der Waals surface area contributed by atoms with Gasteiger partial charge in [0.2, 0.25) is 5.75 Å². The zero-order chi connectivity index (χ0) is 15.6. The van der Waals surface area contributed by atoms with Crippen molar-refractivity contribution in [3.8, 4) is 11.5 Å². The van der Waals surface area contributed by atoms with Crippen LogP contribution in [-0.4, -0.2) is 10.8 Å². The SMILES string of the molecule is N=C(N)c1ccc(Oc2ccc(Cl)cc2[N+](=O)[O-])c(Br)c1. The van der Waals surface area contributed by atoms with Gasteiger partial charge >= 0.3 is 5.69 Å². The molecule has 0 spiro atoms. The fourth-order valence-corrected chi connectivity index (χ4v) is 2.22. The number of hydrogen-bond donors (Lipinski definition) is 2. The molecular weight excluding hydrogens is 362 g/mol. The number of nitrogens with zero attached hydrogens (tertiary/aromatic N) is 1. The summed E-state index contributed by atoms with van der Waals surface area (Å²) in [5, 5.41) is 18.6. The summed E-state index contributed by atoms with van der Waals surface area (Å²) in [7, 11) is 0. The molecular formula is C13H9BrClN3O3. The van der Waals surface area contributed by atoms with Gasteiger partial charge in [-0.3, -0.25) is 15.5 Å². The van der Waals surface area contributed by atoms with E-state index < -0.39 is 4.92 Å². The quantitative estimate of drug-likeness (QED) is 0.366. The van der Waals surface area contributed by atoms with Crippen LogP contribution in [0, 0.1) is 15.5 Å². The highest BCUT2D eigenvalue weighted by atomic mass is 79.9. The van der Waals surface area contributed by atoms with E-state index in [1.807, 2.05) is 0 Å². The summed E-state index contributed by atoms with van der Waals surface area (Å²) in [6, 6.07) is 8.89. The Kier molecular flexibility index (Phi) is 4.44. The number of halogens is 2. The molecule has 0 bridgehead atoms. The van der Waals surface area contributed by atoms with Crippen LogP contribution in [0.2, 0.25) is 5.02 Å². The molecule has 3 N–H and O–H groups in total. The zero-order valence-corrected chi connectivity index (χ0v) is 12.8. The second kappa shape index (κ2) is 6.11. The number of amidine groups is 1. The van der Waals surface area contributed by atoms with E-state index >= 15 is 0 Å².